The summed E-state index contributed by atoms with van der Waals surface area (Å²) in [6.45, 7) is 0. The smallest absolute Gasteiger partial charge is 0.166 e. The predicted octanol–water partition coefficient (Wildman–Crippen LogP) is 3.48. The molecule has 4 heteroatoms. The molecule has 1 aromatic rings. The first-order valence-corrected chi connectivity index (χ1v) is 6.32. The lowest BCUT2D eigenvalue weighted by Gasteiger charge is -2.20. The van der Waals surface area contributed by atoms with Crippen LogP contribution in [0.5, 0.6) is 5.75 Å². The SMILES string of the molecule is N[C@@H](c1cc(Br)cc(F)c1O)C1CCCC1. The average Bonchev–Trinajstić information content (AvgIpc) is 2.75. The van der Waals surface area contributed by atoms with Gasteiger partial charge in [0.1, 0.15) is 0 Å². The lowest BCUT2D eigenvalue weighted by molar-refractivity contribution is 0.391. The van der Waals surface area contributed by atoms with Crippen molar-refractivity contribution < 1.29 is 9.50 Å². The lowest BCUT2D eigenvalue weighted by Crippen LogP contribution is -2.19. The zero-order chi connectivity index (χ0) is 11.7. The molecule has 2 nitrogen and oxygen atoms in total. The third kappa shape index (κ3) is 2.23. The molecule has 0 radical (unpaired) electrons. The minimum Gasteiger partial charge on any atom is -0.505 e. The summed E-state index contributed by atoms with van der Waals surface area (Å²) in [5, 5.41) is 9.68. The number of hydrogen-bond donors (Lipinski definition) is 2. The number of halogens is 2. The van der Waals surface area contributed by atoms with Gasteiger partial charge < -0.3 is 10.8 Å². The normalized spacial score (nSPS) is 18.9. The summed E-state index contributed by atoms with van der Waals surface area (Å²) >= 11 is 3.22. The minimum atomic E-state index is -0.613. The summed E-state index contributed by atoms with van der Waals surface area (Å²) in [7, 11) is 0. The standard InChI is InChI=1S/C12H15BrFNO/c13-8-5-9(12(16)10(14)6-8)11(15)7-3-1-2-4-7/h5-7,11,16H,1-4,15H2/t11-/m1/s1. The number of aromatic hydroxyl groups is 1. The molecule has 88 valence electrons. The lowest BCUT2D eigenvalue weighted by atomic mass is 9.92. The Bertz CT molecular complexity index is 391. The fourth-order valence-corrected chi connectivity index (χ4v) is 2.86. The Balaban J connectivity index is 2.31. The van der Waals surface area contributed by atoms with Crippen molar-refractivity contribution in [1.29, 1.82) is 0 Å². The molecule has 0 saturated heterocycles. The average molecular weight is 288 g/mol. The first kappa shape index (κ1) is 11.9. The molecular weight excluding hydrogens is 273 g/mol. The van der Waals surface area contributed by atoms with Gasteiger partial charge in [0.15, 0.2) is 11.6 Å². The predicted molar refractivity (Wildman–Crippen MR) is 64.7 cm³/mol. The van der Waals surface area contributed by atoms with Crippen molar-refractivity contribution in [3.63, 3.8) is 0 Å². The molecule has 0 bridgehead atoms. The molecule has 0 heterocycles. The van der Waals surface area contributed by atoms with Crippen LogP contribution in [0.1, 0.15) is 37.3 Å². The summed E-state index contributed by atoms with van der Waals surface area (Å²) in [6.07, 6.45) is 4.48. The van der Waals surface area contributed by atoms with Crippen LogP contribution >= 0.6 is 15.9 Å². The second-order valence-electron chi connectivity index (χ2n) is 4.40. The Labute approximate surface area is 103 Å². The second kappa shape index (κ2) is 4.72. The van der Waals surface area contributed by atoms with E-state index in [1.54, 1.807) is 6.07 Å². The zero-order valence-corrected chi connectivity index (χ0v) is 10.5. The molecule has 16 heavy (non-hydrogen) atoms. The number of phenolic OH excluding ortho intramolecular Hbond substituents is 1. The molecule has 0 aromatic heterocycles. The fraction of sp³-hybridized carbons (Fsp3) is 0.500. The van der Waals surface area contributed by atoms with Crippen molar-refractivity contribution in [2.75, 3.05) is 0 Å². The molecule has 1 atom stereocenters. The van der Waals surface area contributed by atoms with Crippen LogP contribution in [0.3, 0.4) is 0 Å². The molecular formula is C12H15BrFNO. The van der Waals surface area contributed by atoms with Crippen LogP contribution in [0.25, 0.3) is 0 Å². The summed E-state index contributed by atoms with van der Waals surface area (Å²) in [6, 6.07) is 2.69. The van der Waals surface area contributed by atoms with Gasteiger partial charge in [-0.1, -0.05) is 28.8 Å². The molecule has 1 fully saturated rings. The van der Waals surface area contributed by atoms with Gasteiger partial charge in [-0.05, 0) is 30.9 Å². The van der Waals surface area contributed by atoms with E-state index in [1.807, 2.05) is 0 Å². The van der Waals surface area contributed by atoms with E-state index in [-0.39, 0.29) is 11.8 Å². The van der Waals surface area contributed by atoms with Gasteiger partial charge in [0.25, 0.3) is 0 Å². The molecule has 2 rings (SSSR count). The monoisotopic (exact) mass is 287 g/mol. The van der Waals surface area contributed by atoms with E-state index in [1.165, 1.54) is 18.9 Å². The highest BCUT2D eigenvalue weighted by Gasteiger charge is 2.26. The van der Waals surface area contributed by atoms with Gasteiger partial charge in [-0.25, -0.2) is 4.39 Å². The van der Waals surface area contributed by atoms with E-state index in [0.717, 1.165) is 12.8 Å². The number of benzene rings is 1. The van der Waals surface area contributed by atoms with Gasteiger partial charge in [0.2, 0.25) is 0 Å². The van der Waals surface area contributed by atoms with Gasteiger partial charge >= 0.3 is 0 Å². The van der Waals surface area contributed by atoms with Crippen LogP contribution in [0, 0.1) is 11.7 Å². The highest BCUT2D eigenvalue weighted by molar-refractivity contribution is 9.10. The quantitative estimate of drug-likeness (QED) is 0.875. The van der Waals surface area contributed by atoms with Gasteiger partial charge in [0.05, 0.1) is 0 Å². The third-order valence-electron chi connectivity index (χ3n) is 3.32. The fourth-order valence-electron chi connectivity index (χ4n) is 2.41. The van der Waals surface area contributed by atoms with Gasteiger partial charge in [-0.3, -0.25) is 0 Å². The van der Waals surface area contributed by atoms with E-state index in [2.05, 4.69) is 15.9 Å². The van der Waals surface area contributed by atoms with Crippen molar-refractivity contribution in [3.05, 3.63) is 28.0 Å². The summed E-state index contributed by atoms with van der Waals surface area (Å²) in [4.78, 5) is 0. The second-order valence-corrected chi connectivity index (χ2v) is 5.31. The van der Waals surface area contributed by atoms with Crippen LogP contribution in [0.2, 0.25) is 0 Å². The van der Waals surface area contributed by atoms with Crippen LogP contribution in [0.15, 0.2) is 16.6 Å². The molecule has 0 spiro atoms. The summed E-state index contributed by atoms with van der Waals surface area (Å²) in [5.41, 5.74) is 6.60. The molecule has 0 unspecified atom stereocenters. The Kier molecular flexibility index (Phi) is 3.50. The first-order chi connectivity index (χ1) is 7.59. The number of nitrogens with two attached hydrogens (primary N) is 1. The van der Waals surface area contributed by atoms with Crippen LogP contribution in [-0.4, -0.2) is 5.11 Å². The van der Waals surface area contributed by atoms with E-state index in [0.29, 0.717) is 16.0 Å². The topological polar surface area (TPSA) is 46.2 Å². The Morgan fingerprint density at radius 3 is 2.62 bits per heavy atom. The maximum atomic E-state index is 13.4. The Hall–Kier alpha value is -0.610. The highest BCUT2D eigenvalue weighted by Crippen LogP contribution is 2.39. The van der Waals surface area contributed by atoms with Gasteiger partial charge in [-0.2, -0.15) is 0 Å². The van der Waals surface area contributed by atoms with Crippen molar-refractivity contribution >= 4 is 15.9 Å². The van der Waals surface area contributed by atoms with Gasteiger partial charge in [0, 0.05) is 16.1 Å². The summed E-state index contributed by atoms with van der Waals surface area (Å²) < 4.78 is 14.0. The summed E-state index contributed by atoms with van der Waals surface area (Å²) in [5.74, 6) is -0.556. The number of phenols is 1. The third-order valence-corrected chi connectivity index (χ3v) is 3.78. The number of rotatable bonds is 2. The number of hydrogen-bond acceptors (Lipinski definition) is 2. The molecule has 0 amide bonds. The molecule has 3 N–H and O–H groups in total. The van der Waals surface area contributed by atoms with Crippen LogP contribution in [-0.2, 0) is 0 Å². The minimum absolute atomic E-state index is 0.269. The zero-order valence-electron chi connectivity index (χ0n) is 8.92. The van der Waals surface area contributed by atoms with Crippen molar-refractivity contribution in [2.45, 2.75) is 31.7 Å². The van der Waals surface area contributed by atoms with E-state index in [4.69, 9.17) is 5.73 Å². The van der Waals surface area contributed by atoms with Gasteiger partial charge in [-0.15, -0.1) is 0 Å². The highest BCUT2D eigenvalue weighted by atomic mass is 79.9. The largest absolute Gasteiger partial charge is 0.505 e. The van der Waals surface area contributed by atoms with E-state index in [9.17, 15) is 9.50 Å². The molecule has 0 aliphatic heterocycles. The first-order valence-electron chi connectivity index (χ1n) is 5.53. The maximum Gasteiger partial charge on any atom is 0.166 e. The van der Waals surface area contributed by atoms with E-state index >= 15 is 0 Å². The Morgan fingerprint density at radius 1 is 1.38 bits per heavy atom. The molecule has 1 saturated carbocycles. The Morgan fingerprint density at radius 2 is 2.00 bits per heavy atom. The van der Waals surface area contributed by atoms with E-state index < -0.39 is 5.82 Å². The maximum absolute atomic E-state index is 13.4. The van der Waals surface area contributed by atoms with Crippen LogP contribution < -0.4 is 5.73 Å². The van der Waals surface area contributed by atoms with Crippen molar-refractivity contribution in [1.82, 2.24) is 0 Å². The molecule has 1 aliphatic carbocycles. The van der Waals surface area contributed by atoms with Crippen LogP contribution in [0.4, 0.5) is 4.39 Å². The molecule has 1 aromatic carbocycles. The molecule has 1 aliphatic rings. The van der Waals surface area contributed by atoms with Crippen molar-refractivity contribution in [2.24, 2.45) is 11.7 Å². The van der Waals surface area contributed by atoms with Crippen molar-refractivity contribution in [3.8, 4) is 5.75 Å².